The first-order valence-corrected chi connectivity index (χ1v) is 9.23. The lowest BCUT2D eigenvalue weighted by Gasteiger charge is -2.33. The van der Waals surface area contributed by atoms with Crippen LogP contribution >= 0.6 is 0 Å². The first kappa shape index (κ1) is 18.5. The number of amides is 2. The Morgan fingerprint density at radius 1 is 1.31 bits per heavy atom. The molecule has 0 radical (unpaired) electrons. The Morgan fingerprint density at radius 3 is 2.81 bits per heavy atom. The van der Waals surface area contributed by atoms with Gasteiger partial charge in [0.25, 0.3) is 5.91 Å². The van der Waals surface area contributed by atoms with Crippen molar-refractivity contribution in [1.29, 1.82) is 0 Å². The number of piperidine rings is 1. The average molecular weight is 361 g/mol. The molecule has 1 heterocycles. The van der Waals surface area contributed by atoms with Crippen molar-refractivity contribution in [1.82, 2.24) is 10.2 Å². The van der Waals surface area contributed by atoms with E-state index in [0.717, 1.165) is 32.2 Å². The Kier molecular flexibility index (Phi) is 5.98. The lowest BCUT2D eigenvalue weighted by atomic mass is 10.0. The minimum atomic E-state index is -0.203. The Balaban J connectivity index is 1.65. The highest BCUT2D eigenvalue weighted by molar-refractivity contribution is 5.97. The highest BCUT2D eigenvalue weighted by atomic mass is 16.5. The number of nitrogens with zero attached hydrogens (tertiary/aromatic N) is 1. The van der Waals surface area contributed by atoms with Gasteiger partial charge in [0.15, 0.2) is 0 Å². The van der Waals surface area contributed by atoms with Gasteiger partial charge < -0.3 is 25.4 Å². The molecule has 0 spiro atoms. The highest BCUT2D eigenvalue weighted by Gasteiger charge is 2.35. The average Bonchev–Trinajstić information content (AvgIpc) is 3.50. The number of carbonyl (C=O) groups is 2. The third kappa shape index (κ3) is 4.46. The Bertz CT molecular complexity index is 660. The van der Waals surface area contributed by atoms with Crippen LogP contribution in [0.4, 0.5) is 0 Å². The summed E-state index contributed by atoms with van der Waals surface area (Å²) >= 11 is 0. The van der Waals surface area contributed by atoms with E-state index in [1.807, 2.05) is 4.90 Å². The molecule has 1 aliphatic carbocycles. The van der Waals surface area contributed by atoms with E-state index >= 15 is 0 Å². The SMILES string of the molecule is COc1ccc(C(=O)N[C@H]2CCCN(C(=O)C3CC3)C2)c(OCCN)c1. The van der Waals surface area contributed by atoms with Gasteiger partial charge in [-0.05, 0) is 37.8 Å². The summed E-state index contributed by atoms with van der Waals surface area (Å²) in [6, 6.07) is 5.07. The molecule has 1 aromatic rings. The maximum absolute atomic E-state index is 12.8. The summed E-state index contributed by atoms with van der Waals surface area (Å²) in [5, 5.41) is 3.05. The fourth-order valence-electron chi connectivity index (χ4n) is 3.25. The summed E-state index contributed by atoms with van der Waals surface area (Å²) in [7, 11) is 1.56. The summed E-state index contributed by atoms with van der Waals surface area (Å²) in [6.07, 6.45) is 3.78. The molecule has 3 rings (SSSR count). The Hall–Kier alpha value is -2.28. The Morgan fingerprint density at radius 2 is 2.12 bits per heavy atom. The third-order valence-electron chi connectivity index (χ3n) is 4.80. The molecule has 142 valence electrons. The van der Waals surface area contributed by atoms with E-state index in [1.54, 1.807) is 25.3 Å². The van der Waals surface area contributed by atoms with Crippen LogP contribution < -0.4 is 20.5 Å². The summed E-state index contributed by atoms with van der Waals surface area (Å²) in [4.78, 5) is 26.9. The molecule has 1 saturated heterocycles. The van der Waals surface area contributed by atoms with Crippen molar-refractivity contribution in [3.05, 3.63) is 23.8 Å². The number of ether oxygens (including phenoxy) is 2. The van der Waals surface area contributed by atoms with Gasteiger partial charge in [-0.1, -0.05) is 0 Å². The predicted octanol–water partition coefficient (Wildman–Crippen LogP) is 1.16. The van der Waals surface area contributed by atoms with Crippen LogP contribution in [0.25, 0.3) is 0 Å². The number of hydrogen-bond donors (Lipinski definition) is 2. The predicted molar refractivity (Wildman–Crippen MR) is 97.3 cm³/mol. The van der Waals surface area contributed by atoms with E-state index in [4.69, 9.17) is 15.2 Å². The van der Waals surface area contributed by atoms with Crippen LogP contribution in [0.3, 0.4) is 0 Å². The number of methoxy groups -OCH3 is 1. The van der Waals surface area contributed by atoms with Crippen LogP contribution in [0.5, 0.6) is 11.5 Å². The van der Waals surface area contributed by atoms with Gasteiger partial charge in [-0.3, -0.25) is 9.59 Å². The van der Waals surface area contributed by atoms with Crippen molar-refractivity contribution in [3.8, 4) is 11.5 Å². The van der Waals surface area contributed by atoms with E-state index in [0.29, 0.717) is 36.8 Å². The zero-order chi connectivity index (χ0) is 18.5. The van der Waals surface area contributed by atoms with E-state index < -0.39 is 0 Å². The third-order valence-corrected chi connectivity index (χ3v) is 4.80. The van der Waals surface area contributed by atoms with Crippen molar-refractivity contribution in [2.75, 3.05) is 33.4 Å². The molecule has 0 bridgehead atoms. The summed E-state index contributed by atoms with van der Waals surface area (Å²) in [5.41, 5.74) is 5.95. The number of likely N-dealkylation sites (tertiary alicyclic amines) is 1. The number of carbonyl (C=O) groups excluding carboxylic acids is 2. The monoisotopic (exact) mass is 361 g/mol. The van der Waals surface area contributed by atoms with Crippen molar-refractivity contribution >= 4 is 11.8 Å². The fourth-order valence-corrected chi connectivity index (χ4v) is 3.25. The molecule has 0 unspecified atom stereocenters. The lowest BCUT2D eigenvalue weighted by Crippen LogP contribution is -2.50. The minimum Gasteiger partial charge on any atom is -0.497 e. The van der Waals surface area contributed by atoms with E-state index in [9.17, 15) is 9.59 Å². The minimum absolute atomic E-state index is 0.0385. The molecule has 26 heavy (non-hydrogen) atoms. The van der Waals surface area contributed by atoms with E-state index in [1.165, 1.54) is 0 Å². The largest absolute Gasteiger partial charge is 0.497 e. The summed E-state index contributed by atoms with van der Waals surface area (Å²) < 4.78 is 10.8. The maximum Gasteiger partial charge on any atom is 0.255 e. The maximum atomic E-state index is 12.8. The number of nitrogens with one attached hydrogen (secondary N) is 1. The van der Waals surface area contributed by atoms with Gasteiger partial charge in [-0.25, -0.2) is 0 Å². The molecule has 1 aromatic carbocycles. The first-order chi connectivity index (χ1) is 12.6. The van der Waals surface area contributed by atoms with Gasteiger partial charge in [0, 0.05) is 37.7 Å². The molecule has 1 atom stereocenters. The van der Waals surface area contributed by atoms with Crippen molar-refractivity contribution in [3.63, 3.8) is 0 Å². The molecular weight excluding hydrogens is 334 g/mol. The standard InChI is InChI=1S/C19H27N3O4/c1-25-15-6-7-16(17(11-15)26-10-8-20)18(23)21-14-3-2-9-22(12-14)19(24)13-4-5-13/h6-7,11,13-14H,2-5,8-10,12,20H2,1H3,(H,21,23)/t14-/m0/s1. The van der Waals surface area contributed by atoms with Crippen LogP contribution in [0.15, 0.2) is 18.2 Å². The molecule has 1 aliphatic heterocycles. The molecule has 7 nitrogen and oxygen atoms in total. The number of nitrogens with two attached hydrogens (primary N) is 1. The lowest BCUT2D eigenvalue weighted by molar-refractivity contribution is -0.133. The zero-order valence-electron chi connectivity index (χ0n) is 15.2. The summed E-state index contributed by atoms with van der Waals surface area (Å²) in [6.45, 7) is 2.05. The number of hydrogen-bond acceptors (Lipinski definition) is 5. The molecule has 2 fully saturated rings. The first-order valence-electron chi connectivity index (χ1n) is 9.23. The molecule has 7 heteroatoms. The van der Waals surface area contributed by atoms with Crippen molar-refractivity contribution in [2.45, 2.75) is 31.7 Å². The van der Waals surface area contributed by atoms with Crippen LogP contribution in [-0.2, 0) is 4.79 Å². The van der Waals surface area contributed by atoms with E-state index in [2.05, 4.69) is 5.32 Å². The molecule has 2 amide bonds. The molecular formula is C19H27N3O4. The van der Waals surface area contributed by atoms with E-state index in [-0.39, 0.29) is 23.8 Å². The smallest absolute Gasteiger partial charge is 0.255 e. The van der Waals surface area contributed by atoms with Gasteiger partial charge in [0.05, 0.1) is 12.7 Å². The zero-order valence-corrected chi connectivity index (χ0v) is 15.2. The quantitative estimate of drug-likeness (QED) is 0.760. The fraction of sp³-hybridized carbons (Fsp3) is 0.579. The topological polar surface area (TPSA) is 93.9 Å². The second-order valence-corrected chi connectivity index (χ2v) is 6.87. The molecule has 1 saturated carbocycles. The van der Waals surface area contributed by atoms with Crippen molar-refractivity contribution < 1.29 is 19.1 Å². The van der Waals surface area contributed by atoms with Crippen LogP contribution in [-0.4, -0.2) is 56.1 Å². The molecule has 0 aromatic heterocycles. The van der Waals surface area contributed by atoms with Crippen LogP contribution in [0, 0.1) is 5.92 Å². The number of rotatable bonds is 7. The molecule has 2 aliphatic rings. The van der Waals surface area contributed by atoms with Crippen LogP contribution in [0.2, 0.25) is 0 Å². The van der Waals surface area contributed by atoms with Crippen molar-refractivity contribution in [2.24, 2.45) is 11.7 Å². The second kappa shape index (κ2) is 8.40. The highest BCUT2D eigenvalue weighted by Crippen LogP contribution is 2.32. The summed E-state index contributed by atoms with van der Waals surface area (Å²) in [5.74, 6) is 1.31. The van der Waals surface area contributed by atoms with Gasteiger partial charge >= 0.3 is 0 Å². The normalized spacial score (nSPS) is 19.8. The molecule has 3 N–H and O–H groups in total. The second-order valence-electron chi connectivity index (χ2n) is 6.87. The van der Waals surface area contributed by atoms with Crippen LogP contribution in [0.1, 0.15) is 36.0 Å². The van der Waals surface area contributed by atoms with Gasteiger partial charge in [-0.15, -0.1) is 0 Å². The van der Waals surface area contributed by atoms with Gasteiger partial charge in [0.2, 0.25) is 5.91 Å². The number of benzene rings is 1. The van der Waals surface area contributed by atoms with Gasteiger partial charge in [0.1, 0.15) is 18.1 Å². The Labute approximate surface area is 153 Å². The van der Waals surface area contributed by atoms with Gasteiger partial charge in [-0.2, -0.15) is 0 Å².